The van der Waals surface area contributed by atoms with Gasteiger partial charge < -0.3 is 9.30 Å². The average Bonchev–Trinajstić information content (AvgIpc) is 2.90. The van der Waals surface area contributed by atoms with Gasteiger partial charge in [0.1, 0.15) is 0 Å². The van der Waals surface area contributed by atoms with Gasteiger partial charge >= 0.3 is 5.97 Å². The highest BCUT2D eigenvalue weighted by atomic mass is 16.5. The highest BCUT2D eigenvalue weighted by molar-refractivity contribution is 5.97. The largest absolute Gasteiger partial charge is 0.466 e. The molecule has 1 aromatic heterocycles. The second kappa shape index (κ2) is 10.9. The summed E-state index contributed by atoms with van der Waals surface area (Å²) in [6.45, 7) is 2.02. The summed E-state index contributed by atoms with van der Waals surface area (Å²) in [5, 5.41) is 0. The summed E-state index contributed by atoms with van der Waals surface area (Å²) >= 11 is 0. The molecule has 2 aromatic rings. The number of para-hydroxylation sites is 2. The number of Topliss-reactive ketones (excluding diaryl/α,β-unsaturated/α-hetero) is 1. The number of hydrogen-bond donors (Lipinski definition) is 0. The molecule has 7 nitrogen and oxygen atoms in total. The first-order valence-corrected chi connectivity index (χ1v) is 15.0. The predicted molar refractivity (Wildman–Crippen MR) is 146 cm³/mol. The standard InChI is InChI=1S/C31H41N3O4/c1-2-38-29(36)14-13-28(35)30-31(37)34(27-12-4-3-11-26(27)32-30)25-18-22-9-6-10-23(19-25)33(22)24-16-20-7-5-8-21(15-20)17-24/h3-4,11-12,20-25H,2,5-10,13-19H2,1H3/t20-,21?,22+,23?,24?,25-/m0/s1. The Kier molecular flexibility index (Phi) is 7.39. The lowest BCUT2D eigenvalue weighted by molar-refractivity contribution is -0.143. The number of carbonyl (C=O) groups is 2. The number of nitrogens with zero attached hydrogens (tertiary/aromatic N) is 3. The molecule has 3 unspecified atom stereocenters. The number of carbonyl (C=O) groups excluding carboxylic acids is 2. The van der Waals surface area contributed by atoms with Crippen LogP contribution < -0.4 is 5.56 Å². The first-order chi connectivity index (χ1) is 18.5. The highest BCUT2D eigenvalue weighted by Gasteiger charge is 2.45. The van der Waals surface area contributed by atoms with Crippen LogP contribution in [0.2, 0.25) is 0 Å². The van der Waals surface area contributed by atoms with E-state index in [1.807, 2.05) is 28.8 Å². The Balaban J connectivity index is 1.29. The fourth-order valence-corrected chi connectivity index (χ4v) is 8.40. The molecule has 3 heterocycles. The van der Waals surface area contributed by atoms with Crippen LogP contribution in [0.15, 0.2) is 29.1 Å². The molecule has 2 aliphatic heterocycles. The molecular formula is C31H41N3O4. The molecule has 6 atom stereocenters. The summed E-state index contributed by atoms with van der Waals surface area (Å²) < 4.78 is 6.86. The first kappa shape index (κ1) is 25.7. The Morgan fingerprint density at radius 3 is 2.26 bits per heavy atom. The Labute approximate surface area is 224 Å². The number of ether oxygens (including phenoxy) is 1. The molecule has 6 rings (SSSR count). The van der Waals surface area contributed by atoms with Crippen LogP contribution in [0, 0.1) is 11.8 Å². The molecule has 7 heteroatoms. The number of aromatic nitrogens is 2. The van der Waals surface area contributed by atoms with Crippen LogP contribution in [0.1, 0.15) is 107 Å². The predicted octanol–water partition coefficient (Wildman–Crippen LogP) is 5.45. The lowest BCUT2D eigenvalue weighted by atomic mass is 9.68. The van der Waals surface area contributed by atoms with Gasteiger partial charge in [-0.1, -0.05) is 37.8 Å². The van der Waals surface area contributed by atoms with Crippen molar-refractivity contribution in [3.05, 3.63) is 40.3 Å². The fourth-order valence-electron chi connectivity index (χ4n) is 8.40. The Morgan fingerprint density at radius 1 is 0.868 bits per heavy atom. The zero-order chi connectivity index (χ0) is 26.2. The van der Waals surface area contributed by atoms with Gasteiger partial charge in [-0.15, -0.1) is 0 Å². The van der Waals surface area contributed by atoms with E-state index < -0.39 is 5.97 Å². The smallest absolute Gasteiger partial charge is 0.306 e. The van der Waals surface area contributed by atoms with Crippen LogP contribution in [-0.2, 0) is 9.53 Å². The van der Waals surface area contributed by atoms with E-state index in [0.717, 1.165) is 30.2 Å². The topological polar surface area (TPSA) is 81.5 Å². The van der Waals surface area contributed by atoms with Crippen LogP contribution in [0.4, 0.5) is 0 Å². The van der Waals surface area contributed by atoms with E-state index in [0.29, 0.717) is 23.6 Å². The van der Waals surface area contributed by atoms with E-state index in [1.54, 1.807) is 6.92 Å². The highest BCUT2D eigenvalue weighted by Crippen LogP contribution is 2.47. The lowest BCUT2D eigenvalue weighted by Gasteiger charge is -2.55. The van der Waals surface area contributed by atoms with Gasteiger partial charge in [0.15, 0.2) is 11.5 Å². The van der Waals surface area contributed by atoms with Crippen LogP contribution in [-0.4, -0.2) is 50.9 Å². The summed E-state index contributed by atoms with van der Waals surface area (Å²) in [4.78, 5) is 46.2. The molecular weight excluding hydrogens is 478 g/mol. The number of ketones is 1. The summed E-state index contributed by atoms with van der Waals surface area (Å²) in [6, 6.07) is 9.43. The zero-order valence-electron chi connectivity index (χ0n) is 22.6. The van der Waals surface area contributed by atoms with Gasteiger partial charge in [0.25, 0.3) is 5.56 Å². The quantitative estimate of drug-likeness (QED) is 0.357. The normalized spacial score (nSPS) is 31.2. The average molecular weight is 520 g/mol. The molecule has 2 saturated heterocycles. The molecule has 4 bridgehead atoms. The number of fused-ring (bicyclic) bond motifs is 5. The van der Waals surface area contributed by atoms with Crippen molar-refractivity contribution in [1.29, 1.82) is 0 Å². The summed E-state index contributed by atoms with van der Waals surface area (Å²) in [6.07, 6.45) is 13.8. The van der Waals surface area contributed by atoms with E-state index in [9.17, 15) is 14.4 Å². The van der Waals surface area contributed by atoms with Crippen molar-refractivity contribution >= 4 is 22.8 Å². The molecule has 2 aliphatic carbocycles. The van der Waals surface area contributed by atoms with E-state index >= 15 is 0 Å². The monoisotopic (exact) mass is 519 g/mol. The lowest BCUT2D eigenvalue weighted by Crippen LogP contribution is -2.58. The van der Waals surface area contributed by atoms with Crippen LogP contribution in [0.25, 0.3) is 11.0 Å². The van der Waals surface area contributed by atoms with Crippen molar-refractivity contribution in [3.63, 3.8) is 0 Å². The van der Waals surface area contributed by atoms with Crippen LogP contribution in [0.5, 0.6) is 0 Å². The van der Waals surface area contributed by atoms with E-state index in [-0.39, 0.29) is 42.5 Å². The zero-order valence-corrected chi connectivity index (χ0v) is 22.6. The minimum Gasteiger partial charge on any atom is -0.466 e. The minimum atomic E-state index is -0.422. The minimum absolute atomic E-state index is 0.0352. The molecule has 1 aromatic carbocycles. The third-order valence-electron chi connectivity index (χ3n) is 9.82. The number of hydrogen-bond acceptors (Lipinski definition) is 6. The molecule has 0 amide bonds. The van der Waals surface area contributed by atoms with Gasteiger partial charge in [-0.2, -0.15) is 0 Å². The second-order valence-electron chi connectivity index (χ2n) is 12.2. The number of rotatable bonds is 7. The number of benzene rings is 1. The summed E-state index contributed by atoms with van der Waals surface area (Å²) in [7, 11) is 0. The van der Waals surface area contributed by atoms with Gasteiger partial charge in [0.2, 0.25) is 0 Å². The Hall–Kier alpha value is -2.54. The van der Waals surface area contributed by atoms with E-state index in [2.05, 4.69) is 9.88 Å². The van der Waals surface area contributed by atoms with Gasteiger partial charge in [-0.3, -0.25) is 19.3 Å². The van der Waals surface area contributed by atoms with Gasteiger partial charge in [0.05, 0.1) is 24.1 Å². The molecule has 0 radical (unpaired) electrons. The van der Waals surface area contributed by atoms with Crippen molar-refractivity contribution in [2.24, 2.45) is 11.8 Å². The Morgan fingerprint density at radius 2 is 1.55 bits per heavy atom. The maximum atomic E-state index is 13.9. The molecule has 2 saturated carbocycles. The molecule has 38 heavy (non-hydrogen) atoms. The Bertz CT molecular complexity index is 1230. The van der Waals surface area contributed by atoms with Gasteiger partial charge in [-0.05, 0) is 75.8 Å². The van der Waals surface area contributed by atoms with Gasteiger partial charge in [0, 0.05) is 30.6 Å². The summed E-state index contributed by atoms with van der Waals surface area (Å²) in [5.74, 6) is 1.00. The molecule has 0 N–H and O–H groups in total. The van der Waals surface area contributed by atoms with Crippen molar-refractivity contribution in [1.82, 2.24) is 14.5 Å². The van der Waals surface area contributed by atoms with E-state index in [1.165, 1.54) is 57.8 Å². The molecule has 204 valence electrons. The molecule has 4 fully saturated rings. The third kappa shape index (κ3) is 4.94. The first-order valence-electron chi connectivity index (χ1n) is 15.0. The van der Waals surface area contributed by atoms with Crippen molar-refractivity contribution in [2.45, 2.75) is 115 Å². The van der Waals surface area contributed by atoms with E-state index in [4.69, 9.17) is 4.74 Å². The fraction of sp³-hybridized carbons (Fsp3) is 0.677. The van der Waals surface area contributed by atoms with Crippen molar-refractivity contribution in [3.8, 4) is 0 Å². The van der Waals surface area contributed by atoms with Crippen LogP contribution >= 0.6 is 0 Å². The second-order valence-corrected chi connectivity index (χ2v) is 12.2. The summed E-state index contributed by atoms with van der Waals surface area (Å²) in [5.41, 5.74) is 1.13. The number of piperidine rings is 2. The number of esters is 1. The molecule has 4 aliphatic rings. The van der Waals surface area contributed by atoms with Crippen molar-refractivity contribution in [2.75, 3.05) is 6.61 Å². The van der Waals surface area contributed by atoms with Gasteiger partial charge in [-0.25, -0.2) is 4.98 Å². The van der Waals surface area contributed by atoms with Crippen molar-refractivity contribution < 1.29 is 14.3 Å². The maximum Gasteiger partial charge on any atom is 0.306 e. The maximum absolute atomic E-state index is 13.9. The molecule has 0 spiro atoms. The third-order valence-corrected chi connectivity index (χ3v) is 9.82. The SMILES string of the molecule is CCOC(=O)CCC(=O)c1nc2ccccc2n([C@@H]2CC3CCC[C@H](C2)N3C2CC3CCC[C@@H](C3)C2)c1=O. The van der Waals surface area contributed by atoms with Crippen LogP contribution in [0.3, 0.4) is 0 Å².